The Balaban J connectivity index is 2.61. The zero-order chi connectivity index (χ0) is 13.5. The molecule has 1 aromatic rings. The van der Waals surface area contributed by atoms with Gasteiger partial charge in [-0.3, -0.25) is 9.59 Å². The Bertz CT molecular complexity index is 432. The van der Waals surface area contributed by atoms with Gasteiger partial charge in [0.05, 0.1) is 0 Å². The molecular formula is C13H19N3O2. The van der Waals surface area contributed by atoms with Crippen LogP contribution in [-0.4, -0.2) is 18.4 Å². The van der Waals surface area contributed by atoms with Crippen molar-refractivity contribution in [3.05, 3.63) is 24.3 Å². The fourth-order valence-corrected chi connectivity index (χ4v) is 1.49. The van der Waals surface area contributed by atoms with Crippen molar-refractivity contribution in [2.75, 3.05) is 17.2 Å². The van der Waals surface area contributed by atoms with Crippen LogP contribution in [0.5, 0.6) is 0 Å². The van der Waals surface area contributed by atoms with E-state index in [9.17, 15) is 9.59 Å². The van der Waals surface area contributed by atoms with E-state index in [1.54, 1.807) is 24.3 Å². The van der Waals surface area contributed by atoms with Crippen LogP contribution in [0.25, 0.3) is 0 Å². The van der Waals surface area contributed by atoms with E-state index in [1.807, 2.05) is 6.92 Å². The van der Waals surface area contributed by atoms with E-state index in [-0.39, 0.29) is 17.7 Å². The molecule has 0 aliphatic carbocycles. The first-order valence-corrected chi connectivity index (χ1v) is 5.89. The van der Waals surface area contributed by atoms with Gasteiger partial charge in [0.15, 0.2) is 0 Å². The molecule has 1 aromatic carbocycles. The SMILES string of the molecule is CC(=O)Nc1cccc(NC(=O)CC(C)CN)c1. The van der Waals surface area contributed by atoms with Crippen molar-refractivity contribution in [3.8, 4) is 0 Å². The molecule has 4 N–H and O–H groups in total. The highest BCUT2D eigenvalue weighted by Gasteiger charge is 2.08. The maximum atomic E-state index is 11.7. The molecule has 0 spiro atoms. The molecular weight excluding hydrogens is 230 g/mol. The predicted octanol–water partition coefficient (Wildman–Crippen LogP) is 1.57. The Morgan fingerprint density at radius 2 is 1.89 bits per heavy atom. The first-order chi connectivity index (χ1) is 8.51. The van der Waals surface area contributed by atoms with Crippen molar-refractivity contribution in [2.24, 2.45) is 11.7 Å². The van der Waals surface area contributed by atoms with Gasteiger partial charge in [0.25, 0.3) is 0 Å². The molecule has 0 aromatic heterocycles. The number of carbonyl (C=O) groups excluding carboxylic acids is 2. The molecule has 5 nitrogen and oxygen atoms in total. The minimum atomic E-state index is -0.143. The number of nitrogens with two attached hydrogens (primary N) is 1. The van der Waals surface area contributed by atoms with Crippen LogP contribution >= 0.6 is 0 Å². The third-order valence-electron chi connectivity index (χ3n) is 2.40. The number of carbonyl (C=O) groups is 2. The van der Waals surface area contributed by atoms with Crippen molar-refractivity contribution in [1.29, 1.82) is 0 Å². The number of hydrogen-bond acceptors (Lipinski definition) is 3. The van der Waals surface area contributed by atoms with Crippen LogP contribution in [0, 0.1) is 5.92 Å². The molecule has 2 amide bonds. The molecule has 1 rings (SSSR count). The molecule has 98 valence electrons. The zero-order valence-corrected chi connectivity index (χ0v) is 10.7. The average molecular weight is 249 g/mol. The van der Waals surface area contributed by atoms with Crippen LogP contribution in [-0.2, 0) is 9.59 Å². The minimum absolute atomic E-state index is 0.0760. The summed E-state index contributed by atoms with van der Waals surface area (Å²) in [5.74, 6) is -0.0633. The summed E-state index contributed by atoms with van der Waals surface area (Å²) in [6.45, 7) is 3.85. The smallest absolute Gasteiger partial charge is 0.224 e. The van der Waals surface area contributed by atoms with Gasteiger partial charge in [0, 0.05) is 24.7 Å². The second kappa shape index (κ2) is 6.76. The second-order valence-corrected chi connectivity index (χ2v) is 4.36. The molecule has 0 saturated carbocycles. The Morgan fingerprint density at radius 1 is 1.28 bits per heavy atom. The lowest BCUT2D eigenvalue weighted by molar-refractivity contribution is -0.117. The summed E-state index contributed by atoms with van der Waals surface area (Å²) in [5.41, 5.74) is 6.79. The lowest BCUT2D eigenvalue weighted by Gasteiger charge is -2.10. The summed E-state index contributed by atoms with van der Waals surface area (Å²) in [6.07, 6.45) is 0.390. The van der Waals surface area contributed by atoms with Gasteiger partial charge in [-0.25, -0.2) is 0 Å². The van der Waals surface area contributed by atoms with E-state index in [1.165, 1.54) is 6.92 Å². The van der Waals surface area contributed by atoms with E-state index >= 15 is 0 Å². The number of rotatable bonds is 5. The van der Waals surface area contributed by atoms with Gasteiger partial charge in [-0.2, -0.15) is 0 Å². The van der Waals surface area contributed by atoms with Gasteiger partial charge in [-0.05, 0) is 30.7 Å². The third kappa shape index (κ3) is 4.97. The Kier molecular flexibility index (Phi) is 5.32. The maximum Gasteiger partial charge on any atom is 0.224 e. The average Bonchev–Trinajstić information content (AvgIpc) is 2.28. The standard InChI is InChI=1S/C13H19N3O2/c1-9(8-14)6-13(18)16-12-5-3-4-11(7-12)15-10(2)17/h3-5,7,9H,6,8,14H2,1-2H3,(H,15,17)(H,16,18). The summed E-state index contributed by atoms with van der Waals surface area (Å²) in [7, 11) is 0. The fourth-order valence-electron chi connectivity index (χ4n) is 1.49. The molecule has 1 atom stereocenters. The summed E-state index contributed by atoms with van der Waals surface area (Å²) >= 11 is 0. The Morgan fingerprint density at radius 3 is 2.44 bits per heavy atom. The van der Waals surface area contributed by atoms with E-state index in [0.717, 1.165) is 0 Å². The van der Waals surface area contributed by atoms with Crippen LogP contribution in [0.4, 0.5) is 11.4 Å². The quantitative estimate of drug-likeness (QED) is 0.740. The predicted molar refractivity (Wildman–Crippen MR) is 72.2 cm³/mol. The number of nitrogens with one attached hydrogen (secondary N) is 2. The van der Waals surface area contributed by atoms with Crippen molar-refractivity contribution in [1.82, 2.24) is 0 Å². The number of benzene rings is 1. The van der Waals surface area contributed by atoms with Gasteiger partial charge in [-0.1, -0.05) is 13.0 Å². The number of amides is 2. The lowest BCUT2D eigenvalue weighted by Crippen LogP contribution is -2.20. The van der Waals surface area contributed by atoms with E-state index in [4.69, 9.17) is 5.73 Å². The van der Waals surface area contributed by atoms with Crippen LogP contribution in [0.1, 0.15) is 20.3 Å². The molecule has 0 saturated heterocycles. The van der Waals surface area contributed by atoms with Crippen LogP contribution < -0.4 is 16.4 Å². The number of anilines is 2. The van der Waals surface area contributed by atoms with Crippen LogP contribution in [0.2, 0.25) is 0 Å². The van der Waals surface area contributed by atoms with Crippen molar-refractivity contribution < 1.29 is 9.59 Å². The van der Waals surface area contributed by atoms with Crippen LogP contribution in [0.15, 0.2) is 24.3 Å². The monoisotopic (exact) mass is 249 g/mol. The van der Waals surface area contributed by atoms with Gasteiger partial charge in [0.2, 0.25) is 11.8 Å². The van der Waals surface area contributed by atoms with E-state index in [2.05, 4.69) is 10.6 Å². The van der Waals surface area contributed by atoms with Gasteiger partial charge >= 0.3 is 0 Å². The molecule has 0 bridgehead atoms. The molecule has 0 aliphatic heterocycles. The summed E-state index contributed by atoms with van der Waals surface area (Å²) in [4.78, 5) is 22.6. The van der Waals surface area contributed by atoms with E-state index in [0.29, 0.717) is 24.3 Å². The fraction of sp³-hybridized carbons (Fsp3) is 0.385. The second-order valence-electron chi connectivity index (χ2n) is 4.36. The molecule has 18 heavy (non-hydrogen) atoms. The van der Waals surface area contributed by atoms with Crippen molar-refractivity contribution in [2.45, 2.75) is 20.3 Å². The normalized spacial score (nSPS) is 11.7. The zero-order valence-electron chi connectivity index (χ0n) is 10.7. The molecule has 1 unspecified atom stereocenters. The minimum Gasteiger partial charge on any atom is -0.330 e. The Labute approximate surface area is 107 Å². The highest BCUT2D eigenvalue weighted by molar-refractivity contribution is 5.93. The molecule has 0 aliphatic rings. The van der Waals surface area contributed by atoms with Crippen LogP contribution in [0.3, 0.4) is 0 Å². The molecule has 0 radical (unpaired) electrons. The first kappa shape index (κ1) is 14.2. The first-order valence-electron chi connectivity index (χ1n) is 5.89. The molecule has 5 heteroatoms. The van der Waals surface area contributed by atoms with Crippen molar-refractivity contribution in [3.63, 3.8) is 0 Å². The van der Waals surface area contributed by atoms with E-state index < -0.39 is 0 Å². The van der Waals surface area contributed by atoms with Gasteiger partial charge < -0.3 is 16.4 Å². The largest absolute Gasteiger partial charge is 0.330 e. The highest BCUT2D eigenvalue weighted by Crippen LogP contribution is 2.15. The topological polar surface area (TPSA) is 84.2 Å². The van der Waals surface area contributed by atoms with Gasteiger partial charge in [0.1, 0.15) is 0 Å². The molecule has 0 fully saturated rings. The third-order valence-corrected chi connectivity index (χ3v) is 2.40. The summed E-state index contributed by atoms with van der Waals surface area (Å²) in [5, 5.41) is 5.44. The lowest BCUT2D eigenvalue weighted by atomic mass is 10.1. The summed E-state index contributed by atoms with van der Waals surface area (Å²) < 4.78 is 0. The van der Waals surface area contributed by atoms with Crippen molar-refractivity contribution >= 4 is 23.2 Å². The maximum absolute atomic E-state index is 11.7. The summed E-state index contributed by atoms with van der Waals surface area (Å²) in [6, 6.07) is 7.02. The molecule has 0 heterocycles. The highest BCUT2D eigenvalue weighted by atomic mass is 16.2. The Hall–Kier alpha value is -1.88. The number of hydrogen-bond donors (Lipinski definition) is 3. The van der Waals surface area contributed by atoms with Gasteiger partial charge in [-0.15, -0.1) is 0 Å².